The number of oxazole rings is 1. The maximum absolute atomic E-state index is 12.5. The molecule has 1 heterocycles. The topological polar surface area (TPSA) is 55.5 Å². The highest BCUT2D eigenvalue weighted by atomic mass is 79.9. The van der Waals surface area contributed by atoms with Crippen molar-refractivity contribution >= 4 is 28.9 Å². The average Bonchev–Trinajstić information content (AvgIpc) is 2.88. The lowest BCUT2D eigenvalue weighted by molar-refractivity contribution is 0.123. The van der Waals surface area contributed by atoms with Crippen LogP contribution in [0.4, 0.5) is 8.78 Å². The predicted octanol–water partition coefficient (Wildman–Crippen LogP) is 2.02. The van der Waals surface area contributed by atoms with E-state index in [1.807, 2.05) is 0 Å². The molecule has 2 rings (SSSR count). The van der Waals surface area contributed by atoms with E-state index in [-0.39, 0.29) is 13.4 Å². The SMILES string of the molecule is COc1cc(-c2ncc(C(F)F)o2)c(BO)cc1Br. The molecule has 0 saturated carbocycles. The molecule has 0 radical (unpaired) electrons. The third kappa shape index (κ3) is 2.79. The van der Waals surface area contributed by atoms with E-state index < -0.39 is 12.2 Å². The molecule has 0 saturated heterocycles. The molecule has 0 unspecified atom stereocenters. The van der Waals surface area contributed by atoms with Crippen LogP contribution in [0, 0.1) is 0 Å². The van der Waals surface area contributed by atoms with Crippen molar-refractivity contribution in [1.29, 1.82) is 0 Å². The van der Waals surface area contributed by atoms with E-state index >= 15 is 0 Å². The molecule has 0 spiro atoms. The Morgan fingerprint density at radius 3 is 2.74 bits per heavy atom. The maximum Gasteiger partial charge on any atom is 0.305 e. The molecule has 0 bridgehead atoms. The first-order chi connectivity index (χ1) is 9.06. The van der Waals surface area contributed by atoms with Crippen LogP contribution >= 0.6 is 15.9 Å². The summed E-state index contributed by atoms with van der Waals surface area (Å²) < 4.78 is 35.7. The quantitative estimate of drug-likeness (QED) is 0.871. The summed E-state index contributed by atoms with van der Waals surface area (Å²) in [6.07, 6.45) is -1.76. The Morgan fingerprint density at radius 1 is 1.47 bits per heavy atom. The molecule has 2 aromatic rings. The fourth-order valence-corrected chi connectivity index (χ4v) is 2.15. The van der Waals surface area contributed by atoms with Gasteiger partial charge in [-0.05, 0) is 33.5 Å². The van der Waals surface area contributed by atoms with E-state index in [0.29, 0.717) is 21.2 Å². The molecule has 1 aromatic heterocycles. The number of methoxy groups -OCH3 is 1. The highest BCUT2D eigenvalue weighted by Gasteiger charge is 2.18. The van der Waals surface area contributed by atoms with Crippen molar-refractivity contribution in [2.75, 3.05) is 7.11 Å². The van der Waals surface area contributed by atoms with Gasteiger partial charge in [0.05, 0.1) is 17.8 Å². The second kappa shape index (κ2) is 5.71. The lowest BCUT2D eigenvalue weighted by atomic mass is 9.84. The summed E-state index contributed by atoms with van der Waals surface area (Å²) in [6, 6.07) is 3.19. The van der Waals surface area contributed by atoms with E-state index in [9.17, 15) is 13.8 Å². The Bertz CT molecular complexity index is 591. The molecule has 0 amide bonds. The van der Waals surface area contributed by atoms with Gasteiger partial charge >= 0.3 is 7.48 Å². The van der Waals surface area contributed by atoms with Crippen molar-refractivity contribution in [1.82, 2.24) is 4.98 Å². The van der Waals surface area contributed by atoms with E-state index in [1.165, 1.54) is 7.11 Å². The molecule has 100 valence electrons. The zero-order valence-electron chi connectivity index (χ0n) is 9.86. The Kier molecular flexibility index (Phi) is 4.21. The Hall–Kier alpha value is -1.41. The first-order valence-corrected chi connectivity index (χ1v) is 6.07. The van der Waals surface area contributed by atoms with Gasteiger partial charge in [-0.3, -0.25) is 0 Å². The number of rotatable bonds is 4. The van der Waals surface area contributed by atoms with E-state index in [2.05, 4.69) is 20.9 Å². The fourth-order valence-electron chi connectivity index (χ4n) is 1.59. The normalized spacial score (nSPS) is 10.8. The summed E-state index contributed by atoms with van der Waals surface area (Å²) in [5, 5.41) is 9.30. The van der Waals surface area contributed by atoms with Crippen molar-refractivity contribution in [3.05, 3.63) is 28.6 Å². The summed E-state index contributed by atoms with van der Waals surface area (Å²) >= 11 is 3.28. The maximum atomic E-state index is 12.5. The minimum atomic E-state index is -2.73. The number of halogens is 3. The average molecular weight is 332 g/mol. The van der Waals surface area contributed by atoms with Gasteiger partial charge in [0.1, 0.15) is 5.75 Å². The summed E-state index contributed by atoms with van der Waals surface area (Å²) in [7, 11) is 1.20. The zero-order valence-corrected chi connectivity index (χ0v) is 11.4. The van der Waals surface area contributed by atoms with Gasteiger partial charge < -0.3 is 14.2 Å². The Balaban J connectivity index is 2.52. The van der Waals surface area contributed by atoms with Crippen molar-refractivity contribution < 1.29 is 23.0 Å². The molecule has 4 nitrogen and oxygen atoms in total. The number of aromatic nitrogens is 1. The molecule has 0 fully saturated rings. The van der Waals surface area contributed by atoms with Crippen LogP contribution in [0.2, 0.25) is 0 Å². The minimum Gasteiger partial charge on any atom is -0.496 e. The highest BCUT2D eigenvalue weighted by Crippen LogP contribution is 2.30. The van der Waals surface area contributed by atoms with Crippen LogP contribution in [0.15, 0.2) is 27.2 Å². The van der Waals surface area contributed by atoms with Crippen molar-refractivity contribution in [3.63, 3.8) is 0 Å². The van der Waals surface area contributed by atoms with Crippen LogP contribution in [-0.4, -0.2) is 24.6 Å². The number of hydrogen-bond donors (Lipinski definition) is 1. The second-order valence-electron chi connectivity index (χ2n) is 3.67. The summed E-state index contributed by atoms with van der Waals surface area (Å²) in [5.74, 6) is -0.00470. The van der Waals surface area contributed by atoms with Gasteiger partial charge in [0.25, 0.3) is 6.43 Å². The molecule has 0 aliphatic rings. The van der Waals surface area contributed by atoms with Crippen LogP contribution < -0.4 is 10.2 Å². The number of hydrogen-bond acceptors (Lipinski definition) is 4. The van der Waals surface area contributed by atoms with Gasteiger partial charge in [-0.15, -0.1) is 0 Å². The van der Waals surface area contributed by atoms with Crippen LogP contribution in [0.5, 0.6) is 5.75 Å². The van der Waals surface area contributed by atoms with Gasteiger partial charge in [0, 0.05) is 5.56 Å². The van der Waals surface area contributed by atoms with Crippen LogP contribution in [-0.2, 0) is 0 Å². The lowest BCUT2D eigenvalue weighted by Gasteiger charge is -2.08. The first-order valence-electron chi connectivity index (χ1n) is 5.28. The van der Waals surface area contributed by atoms with E-state index in [0.717, 1.165) is 6.20 Å². The minimum absolute atomic E-state index is 0.0187. The molecule has 19 heavy (non-hydrogen) atoms. The highest BCUT2D eigenvalue weighted by molar-refractivity contribution is 9.10. The van der Waals surface area contributed by atoms with Gasteiger partial charge in [-0.25, -0.2) is 13.8 Å². The number of benzene rings is 1. The number of alkyl halides is 2. The zero-order chi connectivity index (χ0) is 14.0. The largest absolute Gasteiger partial charge is 0.496 e. The smallest absolute Gasteiger partial charge is 0.305 e. The molecule has 0 atom stereocenters. The molecule has 1 N–H and O–H groups in total. The van der Waals surface area contributed by atoms with Gasteiger partial charge in [0.15, 0.2) is 5.76 Å². The Morgan fingerprint density at radius 2 is 2.21 bits per heavy atom. The van der Waals surface area contributed by atoms with Crippen LogP contribution in [0.25, 0.3) is 11.5 Å². The van der Waals surface area contributed by atoms with E-state index in [4.69, 9.17) is 9.15 Å². The molecule has 1 aromatic carbocycles. The Labute approximate surface area is 116 Å². The first kappa shape index (κ1) is 14.0. The van der Waals surface area contributed by atoms with Crippen molar-refractivity contribution in [3.8, 4) is 17.2 Å². The fraction of sp³-hybridized carbons (Fsp3) is 0.182. The summed E-state index contributed by atoms with van der Waals surface area (Å²) in [5.41, 5.74) is 0.907. The van der Waals surface area contributed by atoms with Gasteiger partial charge in [-0.2, -0.15) is 0 Å². The molecular formula is C11H9BBrF2NO3. The molecule has 8 heteroatoms. The van der Waals surface area contributed by atoms with Gasteiger partial charge in [0.2, 0.25) is 5.89 Å². The lowest BCUT2D eigenvalue weighted by Crippen LogP contribution is -2.17. The second-order valence-corrected chi connectivity index (χ2v) is 4.52. The third-order valence-electron chi connectivity index (χ3n) is 2.52. The molecule has 0 aliphatic heterocycles. The van der Waals surface area contributed by atoms with E-state index in [1.54, 1.807) is 12.1 Å². The van der Waals surface area contributed by atoms with Crippen molar-refractivity contribution in [2.45, 2.75) is 6.43 Å². The molecular weight excluding hydrogens is 323 g/mol. The van der Waals surface area contributed by atoms with Crippen LogP contribution in [0.1, 0.15) is 12.2 Å². The molecule has 0 aliphatic carbocycles. The number of ether oxygens (including phenoxy) is 1. The predicted molar refractivity (Wildman–Crippen MR) is 70.1 cm³/mol. The van der Waals surface area contributed by atoms with Crippen LogP contribution in [0.3, 0.4) is 0 Å². The number of nitrogens with zero attached hydrogens (tertiary/aromatic N) is 1. The van der Waals surface area contributed by atoms with Gasteiger partial charge in [-0.1, -0.05) is 0 Å². The monoisotopic (exact) mass is 331 g/mol. The standard InChI is InChI=1S/C11H9BBrF2NO3/c1-18-8-2-5(6(12-17)3-7(8)13)11-16-4-9(19-11)10(14)15/h2-4,10,12,17H,1H3. The summed E-state index contributed by atoms with van der Waals surface area (Å²) in [6.45, 7) is 0. The van der Waals surface area contributed by atoms with Crippen molar-refractivity contribution in [2.24, 2.45) is 0 Å². The third-order valence-corrected chi connectivity index (χ3v) is 3.14. The summed E-state index contributed by atoms with van der Waals surface area (Å²) in [4.78, 5) is 3.79.